The predicted molar refractivity (Wildman–Crippen MR) is 376 cm³/mol. The maximum atomic E-state index is 6.70. The summed E-state index contributed by atoms with van der Waals surface area (Å²) in [4.78, 5) is 7.25. The van der Waals surface area contributed by atoms with Crippen LogP contribution in [0.2, 0.25) is 0 Å². The van der Waals surface area contributed by atoms with Gasteiger partial charge in [-0.1, -0.05) is 159 Å². The van der Waals surface area contributed by atoms with Gasteiger partial charge in [0.1, 0.15) is 49.1 Å². The van der Waals surface area contributed by atoms with Gasteiger partial charge < -0.3 is 42.5 Å². The Morgan fingerprint density at radius 3 is 1.55 bits per heavy atom. The van der Waals surface area contributed by atoms with Crippen LogP contribution in [0.5, 0.6) is 23.0 Å². The fourth-order valence-corrected chi connectivity index (χ4v) is 15.1. The van der Waals surface area contributed by atoms with Gasteiger partial charge in [0.05, 0.1) is 5.69 Å². The molecule has 14 aromatic rings. The molecule has 0 spiro atoms. The Bertz CT molecular complexity index is 5300. The highest BCUT2D eigenvalue weighted by atomic mass is 16.6. The lowest BCUT2D eigenvalue weighted by molar-refractivity contribution is 0.171. The summed E-state index contributed by atoms with van der Waals surface area (Å²) in [5.41, 5.74) is 25.6. The number of rotatable bonds is 9. The molecule has 4 aliphatic heterocycles. The minimum atomic E-state index is -0.257. The van der Waals surface area contributed by atoms with Gasteiger partial charge in [-0.15, -0.1) is 0 Å². The number of ether oxygens (including phenoxy) is 4. The van der Waals surface area contributed by atoms with Crippen LogP contribution < -0.4 is 50.0 Å². The molecule has 10 heteroatoms. The standard InChI is InChI=1S/C83H58BN3O6/c1-83(2)66-20-9-8-19-64(66)65-34-32-62(47-67(65)83)85(59-28-23-52(24-29-59)51-13-4-3-5-14-51)60-30-25-53(26-31-60)58-43-72-82-73(44-58)87(63-33-36-76-79(48-63)89-38-37-88-76)71-50-81-80(90-39-40-91-81)49-69(71)84(82)68-35-27-57(78-46-56-16-7-11-22-75(56)93-78)42-70(68)86(72)61-18-12-17-54(41-61)77-45-55-15-6-10-21-74(55)92-77/h3-36,41-50H,37-40H2,1-2H3. The summed E-state index contributed by atoms with van der Waals surface area (Å²) in [6.07, 6.45) is 0. The highest BCUT2D eigenvalue weighted by molar-refractivity contribution is 7.00. The lowest BCUT2D eigenvalue weighted by atomic mass is 9.33. The molecule has 0 saturated carbocycles. The Kier molecular flexibility index (Phi) is 11.9. The van der Waals surface area contributed by atoms with Gasteiger partial charge in [-0.2, -0.15) is 0 Å². The van der Waals surface area contributed by atoms with Crippen LogP contribution >= 0.6 is 0 Å². The van der Waals surface area contributed by atoms with E-state index < -0.39 is 0 Å². The second-order valence-electron chi connectivity index (χ2n) is 25.2. The highest BCUT2D eigenvalue weighted by Gasteiger charge is 2.45. The van der Waals surface area contributed by atoms with Crippen LogP contribution in [0.1, 0.15) is 25.0 Å². The Labute approximate surface area is 538 Å². The number of furan rings is 2. The van der Waals surface area contributed by atoms with Crippen molar-refractivity contribution in [2.24, 2.45) is 0 Å². The highest BCUT2D eigenvalue weighted by Crippen LogP contribution is 2.53. The monoisotopic (exact) mass is 1200 g/mol. The SMILES string of the molecule is CC1(C)c2ccccc2-c2ccc(N(c3ccc(-c4ccccc4)cc3)c3ccc(-c4cc5c6c(c4)N(c4ccc7c(c4)OCCO7)c4cc7c(cc4B6c4ccc(-c6cc8ccccc8o6)cc4N5c4cccc(-c5cc6ccccc6o5)c4)OCCO7)cc3)cc21. The molecule has 5 aliphatic rings. The predicted octanol–water partition coefficient (Wildman–Crippen LogP) is 19.2. The van der Waals surface area contributed by atoms with E-state index in [0.717, 1.165) is 140 Å². The molecule has 12 aromatic carbocycles. The Morgan fingerprint density at radius 1 is 0.344 bits per heavy atom. The van der Waals surface area contributed by atoms with Gasteiger partial charge in [-0.05, 0) is 170 Å². The summed E-state index contributed by atoms with van der Waals surface area (Å²) >= 11 is 0. The van der Waals surface area contributed by atoms with Gasteiger partial charge in [0.2, 0.25) is 0 Å². The van der Waals surface area contributed by atoms with Crippen LogP contribution in [0.3, 0.4) is 0 Å². The molecule has 0 unspecified atom stereocenters. The molecule has 93 heavy (non-hydrogen) atoms. The first kappa shape index (κ1) is 53.2. The maximum absolute atomic E-state index is 6.70. The van der Waals surface area contributed by atoms with E-state index in [-0.39, 0.29) is 12.1 Å². The molecule has 2 aromatic heterocycles. The van der Waals surface area contributed by atoms with Crippen molar-refractivity contribution >= 4 is 96.2 Å². The summed E-state index contributed by atoms with van der Waals surface area (Å²) in [5, 5.41) is 2.10. The largest absolute Gasteiger partial charge is 0.486 e. The first-order valence-electron chi connectivity index (χ1n) is 32.0. The quantitative estimate of drug-likeness (QED) is 0.131. The van der Waals surface area contributed by atoms with Crippen LogP contribution in [0.4, 0.5) is 51.2 Å². The Morgan fingerprint density at radius 2 is 0.860 bits per heavy atom. The minimum absolute atomic E-state index is 0.188. The van der Waals surface area contributed by atoms with E-state index in [1.807, 2.05) is 30.3 Å². The number of fused-ring (bicyclic) bond motifs is 11. The van der Waals surface area contributed by atoms with E-state index in [1.54, 1.807) is 0 Å². The van der Waals surface area contributed by atoms with E-state index in [9.17, 15) is 0 Å². The van der Waals surface area contributed by atoms with Gasteiger partial charge in [0.25, 0.3) is 6.71 Å². The molecular formula is C83H58BN3O6. The number of anilines is 9. The fourth-order valence-electron chi connectivity index (χ4n) is 15.1. The smallest absolute Gasteiger partial charge is 0.252 e. The third-order valence-electron chi connectivity index (χ3n) is 19.6. The second-order valence-corrected chi connectivity index (χ2v) is 25.2. The number of benzene rings is 12. The Balaban J connectivity index is 0.835. The average Bonchev–Trinajstić information content (AvgIpc) is 1.51. The molecular weight excluding hydrogens is 1150 g/mol. The summed E-state index contributed by atoms with van der Waals surface area (Å²) in [6, 6.07) is 96.4. The van der Waals surface area contributed by atoms with E-state index >= 15 is 0 Å². The zero-order valence-corrected chi connectivity index (χ0v) is 51.1. The zero-order chi connectivity index (χ0) is 61.5. The minimum Gasteiger partial charge on any atom is -0.486 e. The molecule has 0 N–H and O–H groups in total. The summed E-state index contributed by atoms with van der Waals surface area (Å²) in [5.74, 6) is 4.43. The lowest BCUT2D eigenvalue weighted by Crippen LogP contribution is -2.61. The third-order valence-corrected chi connectivity index (χ3v) is 19.6. The third kappa shape index (κ3) is 8.55. The van der Waals surface area contributed by atoms with Crippen molar-refractivity contribution < 1.29 is 27.8 Å². The van der Waals surface area contributed by atoms with Crippen molar-refractivity contribution in [3.63, 3.8) is 0 Å². The molecule has 0 radical (unpaired) electrons. The number of hydrogen-bond acceptors (Lipinski definition) is 9. The van der Waals surface area contributed by atoms with E-state index in [2.05, 4.69) is 265 Å². The molecule has 0 saturated heterocycles. The van der Waals surface area contributed by atoms with Crippen molar-refractivity contribution in [2.45, 2.75) is 19.3 Å². The first-order valence-corrected chi connectivity index (χ1v) is 32.0. The summed E-state index contributed by atoms with van der Waals surface area (Å²) in [6.45, 7) is 6.29. The van der Waals surface area contributed by atoms with Crippen molar-refractivity contribution in [3.8, 4) is 79.0 Å². The van der Waals surface area contributed by atoms with Gasteiger partial charge in [0, 0.05) is 84.9 Å². The summed E-state index contributed by atoms with van der Waals surface area (Å²) < 4.78 is 38.9. The van der Waals surface area contributed by atoms with E-state index in [4.69, 9.17) is 27.8 Å². The van der Waals surface area contributed by atoms with Crippen molar-refractivity contribution in [3.05, 3.63) is 278 Å². The molecule has 6 heterocycles. The average molecular weight is 1200 g/mol. The molecule has 19 rings (SSSR count). The van der Waals surface area contributed by atoms with Crippen molar-refractivity contribution in [1.29, 1.82) is 0 Å². The molecule has 444 valence electrons. The van der Waals surface area contributed by atoms with Crippen LogP contribution in [0.25, 0.3) is 78.0 Å². The zero-order valence-electron chi connectivity index (χ0n) is 51.1. The van der Waals surface area contributed by atoms with Crippen LogP contribution in [-0.4, -0.2) is 33.1 Å². The molecule has 9 nitrogen and oxygen atoms in total. The number of hydrogen-bond donors (Lipinski definition) is 0. The Hall–Kier alpha value is -11.6. The maximum Gasteiger partial charge on any atom is 0.252 e. The topological polar surface area (TPSA) is 72.9 Å². The molecule has 1 aliphatic carbocycles. The van der Waals surface area contributed by atoms with Gasteiger partial charge in [-0.3, -0.25) is 0 Å². The van der Waals surface area contributed by atoms with Gasteiger partial charge in [0.15, 0.2) is 23.0 Å². The molecule has 0 fully saturated rings. The molecule has 0 amide bonds. The normalized spacial score (nSPS) is 14.3. The second kappa shape index (κ2) is 20.7. The number of nitrogens with zero attached hydrogens (tertiary/aromatic N) is 3. The van der Waals surface area contributed by atoms with Crippen LogP contribution in [0.15, 0.2) is 276 Å². The van der Waals surface area contributed by atoms with E-state index in [1.165, 1.54) is 27.8 Å². The van der Waals surface area contributed by atoms with Gasteiger partial charge >= 0.3 is 0 Å². The van der Waals surface area contributed by atoms with E-state index in [0.29, 0.717) is 37.9 Å². The van der Waals surface area contributed by atoms with Crippen LogP contribution in [-0.2, 0) is 5.41 Å². The first-order chi connectivity index (χ1) is 45.8. The fraction of sp³-hybridized carbons (Fsp3) is 0.0843. The van der Waals surface area contributed by atoms with Gasteiger partial charge in [-0.25, -0.2) is 0 Å². The molecule has 0 bridgehead atoms. The number of para-hydroxylation sites is 2. The van der Waals surface area contributed by atoms with Crippen molar-refractivity contribution in [1.82, 2.24) is 0 Å². The van der Waals surface area contributed by atoms with Crippen LogP contribution in [0, 0.1) is 0 Å². The lowest BCUT2D eigenvalue weighted by Gasteiger charge is -2.45. The summed E-state index contributed by atoms with van der Waals surface area (Å²) in [7, 11) is 0. The van der Waals surface area contributed by atoms with Crippen molar-refractivity contribution in [2.75, 3.05) is 41.1 Å². The molecule has 0 atom stereocenters.